The van der Waals surface area contributed by atoms with Crippen LogP contribution in [0.4, 0.5) is 21.0 Å². The van der Waals surface area contributed by atoms with Crippen LogP contribution in [0.2, 0.25) is 0 Å². The van der Waals surface area contributed by atoms with Crippen LogP contribution < -0.4 is 36.5 Å². The molecule has 3 aromatic carbocycles. The number of hydrogen-bond acceptors (Lipinski definition) is 11. The molecule has 1 aliphatic heterocycles. The van der Waals surface area contributed by atoms with Gasteiger partial charge in [0.25, 0.3) is 10.1 Å². The summed E-state index contributed by atoms with van der Waals surface area (Å²) in [6.45, 7) is 11.0. The highest BCUT2D eigenvalue weighted by atomic mass is 32.2. The monoisotopic (exact) mass is 1040 g/mol. The van der Waals surface area contributed by atoms with Crippen LogP contribution >= 0.6 is 0 Å². The molecule has 6 atom stereocenters. The van der Waals surface area contributed by atoms with Crippen LogP contribution in [0, 0.1) is 23.7 Å². The van der Waals surface area contributed by atoms with E-state index in [4.69, 9.17) is 24.5 Å². The van der Waals surface area contributed by atoms with Crippen molar-refractivity contribution in [2.75, 3.05) is 71.0 Å². The summed E-state index contributed by atoms with van der Waals surface area (Å²) in [5.74, 6) is 5.41. The second-order valence-electron chi connectivity index (χ2n) is 18.7. The van der Waals surface area contributed by atoms with E-state index >= 15 is 0 Å². The lowest BCUT2D eigenvalue weighted by molar-refractivity contribution is 0.130. The summed E-state index contributed by atoms with van der Waals surface area (Å²) >= 11 is 0. The number of nitrogens with two attached hydrogens (primary N) is 1. The van der Waals surface area contributed by atoms with Gasteiger partial charge in [0.1, 0.15) is 11.5 Å². The standard InChI is InChI=1S/C27H37N3O2.C16H24N2O5S.C7H15NO.C3H5N.C2H6.2CH4/c1-32-25-12-7-11-24(19-25)28-27(31)29-26-13-6-5-10-23(26)20-30-16-14-22(15-17-30)18-21-8-3-2-4-9-21;1-22-14-8-5-7-13(10-14)17-16(19)18-15-9-4-3-6-12(15)11-23-24(2,20)21;8-7-4-2-1-3-6(7)5-9;1-3-4-2;1-2;;/h2-4,7-9,11-12,19,22-23,26H,5-6,10,13-18,20H2,1H3,(H2,28,29,31);5,7-8,10,12,15H,3-4,6,9,11H2,1-2H3,(H2,17,18,19);6-7,9H,1-5,8H2;1H2,2H3;1-2H3;2*1H4/t23-,26+;12-,15+;6-,7+;;;;/m000..../s1. The molecule has 7 rings (SSSR count). The Hall–Kier alpha value is -4.96. The minimum atomic E-state index is -3.47. The van der Waals surface area contributed by atoms with Gasteiger partial charge >= 0.3 is 12.1 Å². The number of aliphatic hydroxyl groups is 1. The average molecular weight is 1040 g/mol. The van der Waals surface area contributed by atoms with Gasteiger partial charge in [0.2, 0.25) is 0 Å². The number of benzene rings is 3. The van der Waals surface area contributed by atoms with Crippen molar-refractivity contribution in [2.45, 2.75) is 143 Å². The quantitative estimate of drug-likeness (QED) is 0.0665. The van der Waals surface area contributed by atoms with Crippen LogP contribution in [-0.2, 0) is 20.7 Å². The number of carbonyl (C=O) groups excluding carboxylic acids is 2. The maximum Gasteiger partial charge on any atom is 0.319 e. The van der Waals surface area contributed by atoms with Crippen molar-refractivity contribution in [3.63, 3.8) is 0 Å². The van der Waals surface area contributed by atoms with Crippen LogP contribution in [-0.4, -0.2) is 115 Å². The maximum absolute atomic E-state index is 12.7. The van der Waals surface area contributed by atoms with E-state index in [2.05, 4.69) is 73.9 Å². The number of piperidine rings is 1. The highest BCUT2D eigenvalue weighted by molar-refractivity contribution is 7.85. The zero-order valence-electron chi connectivity index (χ0n) is 43.6. The Bertz CT molecular complexity index is 2100. The number of hydrogen-bond donors (Lipinski definition) is 6. The molecule has 73 heavy (non-hydrogen) atoms. The van der Waals surface area contributed by atoms with Gasteiger partial charge in [-0.05, 0) is 131 Å². The van der Waals surface area contributed by atoms with E-state index in [0.29, 0.717) is 23.3 Å². The normalized spacial score (nSPS) is 21.5. The predicted molar refractivity (Wildman–Crippen MR) is 303 cm³/mol. The molecule has 1 heterocycles. The fourth-order valence-corrected chi connectivity index (χ4v) is 10.0. The Kier molecular flexibility index (Phi) is 34.1. The molecule has 3 saturated carbocycles. The summed E-state index contributed by atoms with van der Waals surface area (Å²) < 4.78 is 37.6. The molecule has 0 spiro atoms. The number of aliphatic hydroxyl groups excluding tert-OH is 1. The zero-order valence-corrected chi connectivity index (χ0v) is 44.4. The van der Waals surface area contributed by atoms with E-state index in [1.807, 2.05) is 38.1 Å². The van der Waals surface area contributed by atoms with E-state index in [-0.39, 0.29) is 64.2 Å². The molecule has 0 aromatic heterocycles. The van der Waals surface area contributed by atoms with E-state index in [0.717, 1.165) is 75.1 Å². The Morgan fingerprint density at radius 2 is 1.19 bits per heavy atom. The van der Waals surface area contributed by atoms with Crippen molar-refractivity contribution >= 4 is 39.4 Å². The number of rotatable bonds is 14. The number of nitrogens with zero attached hydrogens (tertiary/aromatic N) is 2. The van der Waals surface area contributed by atoms with E-state index < -0.39 is 10.1 Å². The molecule has 0 radical (unpaired) electrons. The number of methoxy groups -OCH3 is 2. The zero-order chi connectivity index (χ0) is 51.9. The van der Waals surface area contributed by atoms with Crippen LogP contribution in [0.5, 0.6) is 11.5 Å². The second kappa shape index (κ2) is 37.7. The number of nitrogens with one attached hydrogen (secondary N) is 4. The molecule has 4 amide bonds. The first-order valence-corrected chi connectivity index (χ1v) is 27.7. The fourth-order valence-electron chi connectivity index (χ4n) is 9.61. The first kappa shape index (κ1) is 66.1. The molecule has 4 fully saturated rings. The van der Waals surface area contributed by atoms with Gasteiger partial charge in [0, 0.05) is 67.8 Å². The van der Waals surface area contributed by atoms with Gasteiger partial charge in [-0.25, -0.2) is 14.6 Å². The van der Waals surface area contributed by atoms with Crippen LogP contribution in [0.1, 0.15) is 124 Å². The van der Waals surface area contributed by atoms with E-state index in [1.165, 1.54) is 70.0 Å². The third-order valence-corrected chi connectivity index (χ3v) is 14.1. The van der Waals surface area contributed by atoms with Crippen molar-refractivity contribution in [1.29, 1.82) is 0 Å². The predicted octanol–water partition coefficient (Wildman–Crippen LogP) is 10.9. The van der Waals surface area contributed by atoms with Gasteiger partial charge in [-0.3, -0.25) is 4.18 Å². The second-order valence-corrected chi connectivity index (χ2v) is 20.3. The molecule has 412 valence electrons. The molecule has 15 nitrogen and oxygen atoms in total. The summed E-state index contributed by atoms with van der Waals surface area (Å²) in [4.78, 5) is 30.9. The minimum Gasteiger partial charge on any atom is -0.497 e. The third kappa shape index (κ3) is 26.7. The highest BCUT2D eigenvalue weighted by Crippen LogP contribution is 2.29. The number of urea groups is 2. The smallest absolute Gasteiger partial charge is 0.319 e. The number of likely N-dealkylation sites (tertiary alicyclic amines) is 1. The summed E-state index contributed by atoms with van der Waals surface area (Å²) in [5.41, 5.74) is 8.58. The van der Waals surface area contributed by atoms with Crippen molar-refractivity contribution in [2.24, 2.45) is 34.4 Å². The molecule has 0 bridgehead atoms. The molecule has 16 heteroatoms. The number of amides is 4. The maximum atomic E-state index is 12.7. The molecular formula is C57H95N7O8S. The molecule has 0 unspecified atom stereocenters. The largest absolute Gasteiger partial charge is 0.497 e. The van der Waals surface area contributed by atoms with Gasteiger partial charge in [-0.1, -0.05) is 110 Å². The Morgan fingerprint density at radius 1 is 0.726 bits per heavy atom. The molecule has 3 aromatic rings. The Labute approximate surface area is 441 Å². The van der Waals surface area contributed by atoms with Gasteiger partial charge in [0.15, 0.2) is 0 Å². The first-order chi connectivity index (χ1) is 34.3. The summed E-state index contributed by atoms with van der Waals surface area (Å²) in [7, 11) is 1.36. The molecular weight excluding hydrogens is 943 g/mol. The summed E-state index contributed by atoms with van der Waals surface area (Å²) in [6.07, 6.45) is 17.9. The van der Waals surface area contributed by atoms with Crippen molar-refractivity contribution in [1.82, 2.24) is 15.5 Å². The van der Waals surface area contributed by atoms with E-state index in [1.54, 1.807) is 45.5 Å². The van der Waals surface area contributed by atoms with Crippen molar-refractivity contribution in [3.05, 3.63) is 91.0 Å². The SMILES string of the molecule is C.C.C=C=NC.CC.COc1cccc(NC(=O)N[C@@H]2CCCC[C@H]2CN2CCC(Cc3ccccc3)CC2)c1.COc1cccc(NC(=O)N[C@@H]2CCCC[C@H]2COS(C)(=O)=O)c1.N[C@@H]1CCCC[C@H]1CO. The van der Waals surface area contributed by atoms with Crippen molar-refractivity contribution < 1.29 is 36.8 Å². The average Bonchev–Trinajstić information content (AvgIpc) is 3.38. The number of anilines is 2. The van der Waals surface area contributed by atoms with Gasteiger partial charge in [-0.2, -0.15) is 8.42 Å². The van der Waals surface area contributed by atoms with E-state index in [9.17, 15) is 18.0 Å². The van der Waals surface area contributed by atoms with Crippen LogP contribution in [0.25, 0.3) is 0 Å². The third-order valence-electron chi connectivity index (χ3n) is 13.5. The van der Waals surface area contributed by atoms with Gasteiger partial charge < -0.3 is 46.5 Å². The molecule has 7 N–H and O–H groups in total. The summed E-state index contributed by atoms with van der Waals surface area (Å²) in [6, 6.07) is 25.4. The lowest BCUT2D eigenvalue weighted by Gasteiger charge is -2.39. The lowest BCUT2D eigenvalue weighted by Crippen LogP contribution is -2.48. The topological polar surface area (TPSA) is 206 Å². The molecule has 3 aliphatic carbocycles. The van der Waals surface area contributed by atoms with Crippen LogP contribution in [0.3, 0.4) is 0 Å². The first-order valence-electron chi connectivity index (χ1n) is 25.8. The van der Waals surface area contributed by atoms with Crippen LogP contribution in [0.15, 0.2) is 90.4 Å². The number of aliphatic imine (C=N–C) groups is 1. The number of carbonyl (C=O) groups is 2. The van der Waals surface area contributed by atoms with Gasteiger partial charge in [-0.15, -0.1) is 0 Å². The van der Waals surface area contributed by atoms with Gasteiger partial charge in [0.05, 0.1) is 27.1 Å². The minimum absolute atomic E-state index is 0. The molecule has 4 aliphatic rings. The van der Waals surface area contributed by atoms with Crippen molar-refractivity contribution in [3.8, 4) is 11.5 Å². The fraction of sp³-hybridized carbons (Fsp3) is 0.614. The summed E-state index contributed by atoms with van der Waals surface area (Å²) in [5, 5.41) is 20.7. The Balaban J connectivity index is 0.000000570. The lowest BCUT2D eigenvalue weighted by atomic mass is 9.83. The number of ether oxygens (including phenoxy) is 2. The molecule has 1 saturated heterocycles. The highest BCUT2D eigenvalue weighted by Gasteiger charge is 2.31. The Morgan fingerprint density at radius 3 is 1.64 bits per heavy atom.